The molecule has 1 fully saturated rings. The molecule has 1 saturated carbocycles. The molecule has 3 rings (SSSR count). The molecule has 1 aliphatic carbocycles. The molecule has 1 aliphatic rings. The average Bonchev–Trinajstić information content (AvgIpc) is 3.45. The molecule has 1 unspecified atom stereocenters. The molecule has 0 heterocycles. The van der Waals surface area contributed by atoms with E-state index in [1.807, 2.05) is 30.3 Å². The molecule has 0 aromatic heterocycles. The minimum absolute atomic E-state index is 0.0993. The van der Waals surface area contributed by atoms with Gasteiger partial charge < -0.3 is 16.0 Å². The van der Waals surface area contributed by atoms with Crippen molar-refractivity contribution < 1.29 is 14.4 Å². The molecular formula is C21H23N3O3. The van der Waals surface area contributed by atoms with E-state index in [0.29, 0.717) is 11.3 Å². The average molecular weight is 365 g/mol. The summed E-state index contributed by atoms with van der Waals surface area (Å²) in [6.45, 7) is 1.43. The van der Waals surface area contributed by atoms with Crippen LogP contribution in [0.25, 0.3) is 0 Å². The number of hydrogen-bond acceptors (Lipinski definition) is 3. The first-order valence-electron chi connectivity index (χ1n) is 9.04. The van der Waals surface area contributed by atoms with Gasteiger partial charge in [0.1, 0.15) is 0 Å². The van der Waals surface area contributed by atoms with Gasteiger partial charge in [-0.15, -0.1) is 0 Å². The SMILES string of the molecule is CC(=O)NC(CC(=O)Nc1cccc(C(=O)NC2CC2)c1)c1ccccc1. The molecule has 6 nitrogen and oxygen atoms in total. The van der Waals surface area contributed by atoms with Crippen molar-refractivity contribution in [1.82, 2.24) is 10.6 Å². The van der Waals surface area contributed by atoms with E-state index in [1.165, 1.54) is 6.92 Å². The first-order valence-corrected chi connectivity index (χ1v) is 9.04. The number of carbonyl (C=O) groups excluding carboxylic acids is 3. The maximum Gasteiger partial charge on any atom is 0.251 e. The Kier molecular flexibility index (Phi) is 5.86. The van der Waals surface area contributed by atoms with Crippen LogP contribution in [0.3, 0.4) is 0 Å². The molecule has 140 valence electrons. The van der Waals surface area contributed by atoms with E-state index in [-0.39, 0.29) is 30.2 Å². The Bertz CT molecular complexity index is 832. The van der Waals surface area contributed by atoms with Crippen LogP contribution < -0.4 is 16.0 Å². The number of benzene rings is 2. The number of rotatable bonds is 7. The normalized spacial score (nSPS) is 14.1. The molecule has 0 bridgehead atoms. The Balaban J connectivity index is 1.64. The molecule has 2 aromatic carbocycles. The quantitative estimate of drug-likeness (QED) is 0.705. The molecule has 6 heteroatoms. The monoisotopic (exact) mass is 365 g/mol. The molecule has 3 N–H and O–H groups in total. The van der Waals surface area contributed by atoms with Crippen LogP contribution in [-0.4, -0.2) is 23.8 Å². The summed E-state index contributed by atoms with van der Waals surface area (Å²) >= 11 is 0. The second-order valence-corrected chi connectivity index (χ2v) is 6.74. The van der Waals surface area contributed by atoms with Gasteiger partial charge in [-0.1, -0.05) is 36.4 Å². The summed E-state index contributed by atoms with van der Waals surface area (Å²) in [6, 6.07) is 16.1. The topological polar surface area (TPSA) is 87.3 Å². The summed E-state index contributed by atoms with van der Waals surface area (Å²) in [6.07, 6.45) is 2.14. The van der Waals surface area contributed by atoms with E-state index < -0.39 is 6.04 Å². The van der Waals surface area contributed by atoms with Gasteiger partial charge in [-0.05, 0) is 36.6 Å². The Morgan fingerprint density at radius 3 is 2.44 bits per heavy atom. The lowest BCUT2D eigenvalue weighted by molar-refractivity contribution is -0.120. The summed E-state index contributed by atoms with van der Waals surface area (Å²) in [5.74, 6) is -0.568. The van der Waals surface area contributed by atoms with Gasteiger partial charge in [-0.3, -0.25) is 14.4 Å². The van der Waals surface area contributed by atoms with Crippen LogP contribution in [0.2, 0.25) is 0 Å². The van der Waals surface area contributed by atoms with Crippen LogP contribution in [0.5, 0.6) is 0 Å². The summed E-state index contributed by atoms with van der Waals surface area (Å²) in [5, 5.41) is 8.54. The zero-order chi connectivity index (χ0) is 19.2. The Hall–Kier alpha value is -3.15. The van der Waals surface area contributed by atoms with Gasteiger partial charge in [0.15, 0.2) is 0 Å². The standard InChI is InChI=1S/C21H23N3O3/c1-14(25)22-19(15-6-3-2-4-7-15)13-20(26)23-18-9-5-8-16(12-18)21(27)24-17-10-11-17/h2-9,12,17,19H,10-11,13H2,1H3,(H,22,25)(H,23,26)(H,24,27). The second kappa shape index (κ2) is 8.49. The lowest BCUT2D eigenvalue weighted by Gasteiger charge is -2.18. The highest BCUT2D eigenvalue weighted by atomic mass is 16.2. The largest absolute Gasteiger partial charge is 0.349 e. The smallest absolute Gasteiger partial charge is 0.251 e. The third kappa shape index (κ3) is 5.67. The molecule has 1 atom stereocenters. The third-order valence-electron chi connectivity index (χ3n) is 4.29. The number of amides is 3. The highest BCUT2D eigenvalue weighted by Crippen LogP contribution is 2.21. The van der Waals surface area contributed by atoms with Gasteiger partial charge in [-0.25, -0.2) is 0 Å². The fourth-order valence-corrected chi connectivity index (χ4v) is 2.81. The van der Waals surface area contributed by atoms with Crippen LogP contribution in [0.4, 0.5) is 5.69 Å². The van der Waals surface area contributed by atoms with Crippen molar-refractivity contribution >= 4 is 23.4 Å². The summed E-state index contributed by atoms with van der Waals surface area (Å²) in [4.78, 5) is 36.1. The summed E-state index contributed by atoms with van der Waals surface area (Å²) in [5.41, 5.74) is 1.93. The van der Waals surface area contributed by atoms with Crippen LogP contribution in [-0.2, 0) is 9.59 Å². The molecular weight excluding hydrogens is 342 g/mol. The van der Waals surface area contributed by atoms with Crippen molar-refractivity contribution in [3.8, 4) is 0 Å². The minimum Gasteiger partial charge on any atom is -0.349 e. The fourth-order valence-electron chi connectivity index (χ4n) is 2.81. The highest BCUT2D eigenvalue weighted by Gasteiger charge is 2.24. The number of nitrogens with one attached hydrogen (secondary N) is 3. The lowest BCUT2D eigenvalue weighted by atomic mass is 10.0. The van der Waals surface area contributed by atoms with Gasteiger partial charge in [0.2, 0.25) is 11.8 Å². The van der Waals surface area contributed by atoms with Crippen molar-refractivity contribution in [2.24, 2.45) is 0 Å². The fraction of sp³-hybridized carbons (Fsp3) is 0.286. The predicted octanol–water partition coefficient (Wildman–Crippen LogP) is 2.78. The maximum atomic E-state index is 12.5. The van der Waals surface area contributed by atoms with E-state index in [4.69, 9.17) is 0 Å². The van der Waals surface area contributed by atoms with Crippen molar-refractivity contribution in [3.63, 3.8) is 0 Å². The Morgan fingerprint density at radius 1 is 1.04 bits per heavy atom. The number of anilines is 1. The van der Waals surface area contributed by atoms with Gasteiger partial charge in [-0.2, -0.15) is 0 Å². The van der Waals surface area contributed by atoms with Crippen LogP contribution in [0.15, 0.2) is 54.6 Å². The van der Waals surface area contributed by atoms with E-state index in [9.17, 15) is 14.4 Å². The van der Waals surface area contributed by atoms with Gasteiger partial charge in [0.05, 0.1) is 12.5 Å². The molecule has 27 heavy (non-hydrogen) atoms. The Labute approximate surface area is 158 Å². The van der Waals surface area contributed by atoms with Gasteiger partial charge >= 0.3 is 0 Å². The van der Waals surface area contributed by atoms with E-state index >= 15 is 0 Å². The Morgan fingerprint density at radius 2 is 1.78 bits per heavy atom. The summed E-state index contributed by atoms with van der Waals surface area (Å²) < 4.78 is 0. The zero-order valence-electron chi connectivity index (χ0n) is 15.2. The molecule has 0 saturated heterocycles. The van der Waals surface area contributed by atoms with Crippen molar-refractivity contribution in [1.29, 1.82) is 0 Å². The molecule has 0 spiro atoms. The predicted molar refractivity (Wildman–Crippen MR) is 103 cm³/mol. The first kappa shape index (κ1) is 18.6. The first-order chi connectivity index (χ1) is 13.0. The van der Waals surface area contributed by atoms with Crippen LogP contribution in [0, 0.1) is 0 Å². The maximum absolute atomic E-state index is 12.5. The second-order valence-electron chi connectivity index (χ2n) is 6.74. The van der Waals surface area contributed by atoms with E-state index in [2.05, 4.69) is 16.0 Å². The van der Waals surface area contributed by atoms with Crippen LogP contribution >= 0.6 is 0 Å². The van der Waals surface area contributed by atoms with E-state index in [1.54, 1.807) is 24.3 Å². The van der Waals surface area contributed by atoms with Crippen molar-refractivity contribution in [2.75, 3.05) is 5.32 Å². The molecule has 0 aliphatic heterocycles. The summed E-state index contributed by atoms with van der Waals surface area (Å²) in [7, 11) is 0. The van der Waals surface area contributed by atoms with Gasteiger partial charge in [0.25, 0.3) is 5.91 Å². The molecule has 2 aromatic rings. The third-order valence-corrected chi connectivity index (χ3v) is 4.29. The highest BCUT2D eigenvalue weighted by molar-refractivity contribution is 5.97. The van der Waals surface area contributed by atoms with Gasteiger partial charge in [0, 0.05) is 24.2 Å². The number of hydrogen-bond donors (Lipinski definition) is 3. The van der Waals surface area contributed by atoms with Crippen molar-refractivity contribution in [2.45, 2.75) is 38.3 Å². The zero-order valence-corrected chi connectivity index (χ0v) is 15.2. The van der Waals surface area contributed by atoms with Crippen molar-refractivity contribution in [3.05, 3.63) is 65.7 Å². The number of carbonyl (C=O) groups is 3. The van der Waals surface area contributed by atoms with E-state index in [0.717, 1.165) is 18.4 Å². The lowest BCUT2D eigenvalue weighted by Crippen LogP contribution is -2.29. The molecule has 3 amide bonds. The van der Waals surface area contributed by atoms with Crippen LogP contribution in [0.1, 0.15) is 48.1 Å². The molecule has 0 radical (unpaired) electrons. The minimum atomic E-state index is -0.412.